The summed E-state index contributed by atoms with van der Waals surface area (Å²) in [6, 6.07) is 15.7. The van der Waals surface area contributed by atoms with Gasteiger partial charge in [-0.15, -0.1) is 0 Å². The number of fused-ring (bicyclic) bond motifs is 1. The van der Waals surface area contributed by atoms with E-state index < -0.39 is 24.5 Å². The van der Waals surface area contributed by atoms with E-state index in [1.807, 2.05) is 25.1 Å². The van der Waals surface area contributed by atoms with E-state index in [1.165, 1.54) is 13.0 Å². The number of carbonyl (C=O) groups is 1. The van der Waals surface area contributed by atoms with Gasteiger partial charge in [-0.1, -0.05) is 30.3 Å². The van der Waals surface area contributed by atoms with Crippen molar-refractivity contribution in [1.82, 2.24) is 9.99 Å². The molecule has 2 heterocycles. The van der Waals surface area contributed by atoms with Crippen LogP contribution in [0.1, 0.15) is 30.6 Å². The first-order valence-electron chi connectivity index (χ1n) is 9.85. The molecule has 0 aliphatic carbocycles. The highest BCUT2D eigenvalue weighted by Gasteiger charge is 2.51. The molecule has 1 N–H and O–H groups in total. The molecule has 0 radical (unpaired) electrons. The van der Waals surface area contributed by atoms with Crippen molar-refractivity contribution in [2.75, 3.05) is 6.61 Å². The number of hydrogen-bond acceptors (Lipinski definition) is 5. The van der Waals surface area contributed by atoms with Crippen LogP contribution in [-0.4, -0.2) is 45.5 Å². The number of carbonyl (C=O) groups excluding carboxylic acids is 1. The average molecular weight is 425 g/mol. The number of pyridine rings is 1. The van der Waals surface area contributed by atoms with Gasteiger partial charge < -0.3 is 9.84 Å². The van der Waals surface area contributed by atoms with Crippen LogP contribution in [0.5, 0.6) is 5.75 Å². The molecule has 1 atom stereocenters. The fraction of sp³-hybridized carbons (Fsp3) is 0.261. The maximum atomic E-state index is 13.7. The van der Waals surface area contributed by atoms with E-state index in [1.54, 1.807) is 30.3 Å². The van der Waals surface area contributed by atoms with Gasteiger partial charge in [0.15, 0.2) is 0 Å². The summed E-state index contributed by atoms with van der Waals surface area (Å²) in [4.78, 5) is 18.0. The Labute approximate surface area is 177 Å². The Kier molecular flexibility index (Phi) is 5.41. The van der Waals surface area contributed by atoms with Crippen LogP contribution in [0.25, 0.3) is 22.2 Å². The number of alkyl halides is 2. The number of nitrogens with zero attached hydrogens (tertiary/aromatic N) is 3. The van der Waals surface area contributed by atoms with Gasteiger partial charge in [0.25, 0.3) is 12.3 Å². The van der Waals surface area contributed by atoms with Crippen molar-refractivity contribution in [1.29, 1.82) is 0 Å². The van der Waals surface area contributed by atoms with Crippen molar-refractivity contribution in [3.63, 3.8) is 0 Å². The summed E-state index contributed by atoms with van der Waals surface area (Å²) in [5.74, 6) is -0.171. The van der Waals surface area contributed by atoms with Crippen LogP contribution in [0.15, 0.2) is 59.7 Å². The molecule has 0 saturated heterocycles. The fourth-order valence-electron chi connectivity index (χ4n) is 3.66. The largest absolute Gasteiger partial charge is 0.494 e. The van der Waals surface area contributed by atoms with E-state index >= 15 is 0 Å². The van der Waals surface area contributed by atoms with Crippen molar-refractivity contribution < 1.29 is 23.4 Å². The lowest BCUT2D eigenvalue weighted by Gasteiger charge is -2.30. The second-order valence-corrected chi connectivity index (χ2v) is 7.34. The highest BCUT2D eigenvalue weighted by molar-refractivity contribution is 6.08. The van der Waals surface area contributed by atoms with E-state index in [2.05, 4.69) is 10.1 Å². The number of benzene rings is 2. The number of halogens is 2. The smallest absolute Gasteiger partial charge is 0.287 e. The van der Waals surface area contributed by atoms with Crippen LogP contribution < -0.4 is 4.74 Å². The minimum Gasteiger partial charge on any atom is -0.494 e. The zero-order chi connectivity index (χ0) is 22.2. The fourth-order valence-corrected chi connectivity index (χ4v) is 3.66. The molecule has 0 fully saturated rings. The van der Waals surface area contributed by atoms with Crippen molar-refractivity contribution in [2.24, 2.45) is 5.10 Å². The molecule has 6 nitrogen and oxygen atoms in total. The molecule has 1 amide bonds. The van der Waals surface area contributed by atoms with Gasteiger partial charge in [0.2, 0.25) is 5.72 Å². The molecule has 4 rings (SSSR count). The normalized spacial score (nSPS) is 18.5. The third kappa shape index (κ3) is 3.74. The minimum atomic E-state index is -3.17. The maximum absolute atomic E-state index is 13.7. The Balaban J connectivity index is 1.86. The van der Waals surface area contributed by atoms with Crippen LogP contribution in [0.2, 0.25) is 0 Å². The van der Waals surface area contributed by atoms with Crippen LogP contribution in [-0.2, 0) is 0 Å². The third-order valence-electron chi connectivity index (χ3n) is 5.08. The number of aromatic nitrogens is 1. The Morgan fingerprint density at radius 1 is 1.23 bits per heavy atom. The molecule has 0 unspecified atom stereocenters. The average Bonchev–Trinajstić information content (AvgIpc) is 3.08. The highest BCUT2D eigenvalue weighted by Crippen LogP contribution is 2.35. The molecule has 0 bridgehead atoms. The quantitative estimate of drug-likeness (QED) is 0.654. The molecule has 1 aromatic heterocycles. The van der Waals surface area contributed by atoms with Gasteiger partial charge >= 0.3 is 0 Å². The van der Waals surface area contributed by atoms with Crippen molar-refractivity contribution in [3.8, 4) is 17.0 Å². The lowest BCUT2D eigenvalue weighted by atomic mass is 10.0. The van der Waals surface area contributed by atoms with Crippen molar-refractivity contribution in [3.05, 3.63) is 60.2 Å². The first-order valence-corrected chi connectivity index (χ1v) is 9.85. The van der Waals surface area contributed by atoms with Gasteiger partial charge in [0, 0.05) is 23.1 Å². The minimum absolute atomic E-state index is 0.125. The van der Waals surface area contributed by atoms with Crippen LogP contribution in [0, 0.1) is 0 Å². The number of aliphatic hydroxyl groups is 1. The summed E-state index contributed by atoms with van der Waals surface area (Å²) in [5.41, 5.74) is -0.606. The number of amides is 1. The molecule has 8 heteroatoms. The molecule has 1 aliphatic rings. The molecular formula is C23H21F2N3O3. The van der Waals surface area contributed by atoms with E-state index in [4.69, 9.17) is 4.74 Å². The third-order valence-corrected chi connectivity index (χ3v) is 5.08. The van der Waals surface area contributed by atoms with Gasteiger partial charge in [-0.2, -0.15) is 10.1 Å². The van der Waals surface area contributed by atoms with Gasteiger partial charge in [0.05, 0.1) is 23.4 Å². The van der Waals surface area contributed by atoms with Crippen molar-refractivity contribution in [2.45, 2.75) is 32.4 Å². The second-order valence-electron chi connectivity index (χ2n) is 7.34. The Hall–Kier alpha value is -3.39. The van der Waals surface area contributed by atoms with E-state index in [0.717, 1.165) is 0 Å². The predicted octanol–water partition coefficient (Wildman–Crippen LogP) is 4.48. The Bertz CT molecular complexity index is 1180. The van der Waals surface area contributed by atoms with E-state index in [-0.39, 0.29) is 11.3 Å². The highest BCUT2D eigenvalue weighted by atomic mass is 19.3. The van der Waals surface area contributed by atoms with Crippen LogP contribution in [0.4, 0.5) is 8.78 Å². The molecule has 0 spiro atoms. The van der Waals surface area contributed by atoms with Gasteiger partial charge in [-0.25, -0.2) is 13.8 Å². The summed E-state index contributed by atoms with van der Waals surface area (Å²) >= 11 is 0. The van der Waals surface area contributed by atoms with E-state index in [0.29, 0.717) is 39.5 Å². The molecule has 3 aromatic rings. The van der Waals surface area contributed by atoms with Crippen LogP contribution >= 0.6 is 0 Å². The number of para-hydroxylation sites is 1. The van der Waals surface area contributed by atoms with E-state index in [9.17, 15) is 18.7 Å². The standard InChI is InChI=1S/C23H21F2N3O3/c1-3-31-16-8-6-7-15(11-16)20-12-18(17-9-4-5-10-19(17)26-20)21(29)28-23(30,22(24)25)13-14(2)27-28/h4-12,22,30H,3,13H2,1-2H3/t23-/m0/s1. The summed E-state index contributed by atoms with van der Waals surface area (Å²) in [6.45, 7) is 3.87. The monoisotopic (exact) mass is 425 g/mol. The van der Waals surface area contributed by atoms with Gasteiger partial charge in [0.1, 0.15) is 5.75 Å². The molecule has 2 aromatic carbocycles. The molecule has 160 valence electrons. The Morgan fingerprint density at radius 2 is 2.00 bits per heavy atom. The summed E-state index contributed by atoms with van der Waals surface area (Å²) in [6.07, 6.45) is -3.59. The molecule has 31 heavy (non-hydrogen) atoms. The number of ether oxygens (including phenoxy) is 1. The zero-order valence-corrected chi connectivity index (χ0v) is 17.0. The second kappa shape index (κ2) is 8.03. The van der Waals surface area contributed by atoms with Gasteiger partial charge in [-0.05, 0) is 38.1 Å². The molecular weight excluding hydrogens is 404 g/mol. The molecule has 0 saturated carbocycles. The lowest BCUT2D eigenvalue weighted by Crippen LogP contribution is -2.51. The SMILES string of the molecule is CCOc1cccc(-c2cc(C(=O)N3N=C(C)C[C@]3(O)C(F)F)c3ccccc3n2)c1. The lowest BCUT2D eigenvalue weighted by molar-refractivity contribution is -0.164. The number of hydrogen-bond donors (Lipinski definition) is 1. The topological polar surface area (TPSA) is 75.0 Å². The summed E-state index contributed by atoms with van der Waals surface area (Å²) in [5, 5.41) is 15.4. The first kappa shape index (κ1) is 20.9. The predicted molar refractivity (Wildman–Crippen MR) is 113 cm³/mol. The maximum Gasteiger partial charge on any atom is 0.287 e. The summed E-state index contributed by atoms with van der Waals surface area (Å²) in [7, 11) is 0. The zero-order valence-electron chi connectivity index (χ0n) is 17.0. The number of rotatable bonds is 5. The van der Waals surface area contributed by atoms with Crippen LogP contribution in [0.3, 0.4) is 0 Å². The first-order chi connectivity index (χ1) is 14.8. The number of hydrazone groups is 1. The van der Waals surface area contributed by atoms with Gasteiger partial charge in [-0.3, -0.25) is 4.79 Å². The molecule has 1 aliphatic heterocycles. The summed E-state index contributed by atoms with van der Waals surface area (Å²) < 4.78 is 32.9. The Morgan fingerprint density at radius 3 is 2.74 bits per heavy atom. The van der Waals surface area contributed by atoms with Crippen molar-refractivity contribution >= 4 is 22.5 Å².